The molecule has 0 atom stereocenters. The molecule has 0 unspecified atom stereocenters. The summed E-state index contributed by atoms with van der Waals surface area (Å²) in [6.07, 6.45) is 3.71. The molecule has 0 bridgehead atoms. The van der Waals surface area contributed by atoms with Crippen molar-refractivity contribution < 1.29 is 28.9 Å². The van der Waals surface area contributed by atoms with E-state index in [0.29, 0.717) is 0 Å². The number of rotatable bonds is 3. The van der Waals surface area contributed by atoms with Crippen LogP contribution in [0.4, 0.5) is 0 Å². The fourth-order valence-corrected chi connectivity index (χ4v) is 5.71. The molecule has 0 saturated heterocycles. The Morgan fingerprint density at radius 2 is 1.28 bits per heavy atom. The third-order valence-corrected chi connectivity index (χ3v) is 7.95. The fraction of sp³-hybridized carbons (Fsp3) is 0.0244. The zero-order valence-corrected chi connectivity index (χ0v) is 27.2. The molecule has 5 heteroatoms. The molecule has 1 radical (unpaired) electrons. The van der Waals surface area contributed by atoms with Crippen LogP contribution in [0.2, 0.25) is 0 Å². The summed E-state index contributed by atoms with van der Waals surface area (Å²) in [6, 6.07) is 48.9. The van der Waals surface area contributed by atoms with Crippen LogP contribution in [0.1, 0.15) is 5.56 Å². The molecule has 0 aliphatic heterocycles. The Balaban J connectivity index is 0.000000204. The summed E-state index contributed by atoms with van der Waals surface area (Å²) in [4.78, 5) is 8.84. The second-order valence-corrected chi connectivity index (χ2v) is 10.9. The van der Waals surface area contributed by atoms with Crippen LogP contribution in [0.15, 0.2) is 149 Å². The summed E-state index contributed by atoms with van der Waals surface area (Å²) in [5.41, 5.74) is 10.7. The first-order valence-electron chi connectivity index (χ1n) is 14.8. The zero-order chi connectivity index (χ0) is 30.2. The van der Waals surface area contributed by atoms with Crippen molar-refractivity contribution in [3.63, 3.8) is 0 Å². The summed E-state index contributed by atoms with van der Waals surface area (Å²) in [5, 5.41) is 4.31. The zero-order valence-electron chi connectivity index (χ0n) is 24.8. The van der Waals surface area contributed by atoms with E-state index < -0.39 is 0 Å². The Morgan fingerprint density at radius 3 is 2.04 bits per heavy atom. The number of para-hydroxylation sites is 1. The molecule has 0 saturated carbocycles. The smallest absolute Gasteiger partial charge is 0.147 e. The van der Waals surface area contributed by atoms with Gasteiger partial charge in [-0.3, -0.25) is 0 Å². The Labute approximate surface area is 279 Å². The Morgan fingerprint density at radius 1 is 0.543 bits per heavy atom. The third kappa shape index (κ3) is 5.52. The number of furan rings is 2. The van der Waals surface area contributed by atoms with Crippen LogP contribution in [0.25, 0.3) is 77.5 Å². The minimum atomic E-state index is 0. The molecule has 4 heterocycles. The average Bonchev–Trinajstić information content (AvgIpc) is 3.68. The molecule has 9 aromatic rings. The molecule has 0 amide bonds. The van der Waals surface area contributed by atoms with E-state index in [0.717, 1.165) is 77.5 Å². The van der Waals surface area contributed by atoms with E-state index in [-0.39, 0.29) is 20.1 Å². The number of hydrogen-bond acceptors (Lipinski definition) is 4. The van der Waals surface area contributed by atoms with Crippen molar-refractivity contribution in [2.75, 3.05) is 0 Å². The number of aryl methyl sites for hydroxylation is 1. The van der Waals surface area contributed by atoms with Gasteiger partial charge in [0.25, 0.3) is 0 Å². The normalized spacial score (nSPS) is 11.0. The van der Waals surface area contributed by atoms with Gasteiger partial charge in [-0.2, -0.15) is 0 Å². The molecular weight excluding hydrogens is 745 g/mol. The molecule has 46 heavy (non-hydrogen) atoms. The monoisotopic (exact) mass is 771 g/mol. The van der Waals surface area contributed by atoms with Gasteiger partial charge in [-0.1, -0.05) is 42.5 Å². The standard InChI is InChI=1S/C29H16NO2.C12H10N.Ir/c1-2-6-18(7-3-1)24-16-20(14-15-30-24)19-10-11-23-27(17-19)31-26-13-12-22-21-8-4-5-9-25(21)32-29(22)28(23)26;1-10-7-8-12(13-9-10)11-5-3-2-4-6-11;/h1-6,8-17H;2-5,7-9H,1H3;/q2*-1;. The van der Waals surface area contributed by atoms with Crippen molar-refractivity contribution in [1.82, 2.24) is 9.97 Å². The quantitative estimate of drug-likeness (QED) is 0.168. The number of pyridine rings is 2. The molecule has 4 nitrogen and oxygen atoms in total. The van der Waals surface area contributed by atoms with Crippen LogP contribution in [0.5, 0.6) is 0 Å². The van der Waals surface area contributed by atoms with Gasteiger partial charge in [0.1, 0.15) is 22.3 Å². The van der Waals surface area contributed by atoms with E-state index in [1.165, 1.54) is 5.56 Å². The van der Waals surface area contributed by atoms with Gasteiger partial charge in [-0.05, 0) is 71.4 Å². The van der Waals surface area contributed by atoms with Crippen LogP contribution in [0, 0.1) is 19.1 Å². The van der Waals surface area contributed by atoms with Crippen LogP contribution < -0.4 is 0 Å². The number of benzene rings is 5. The first kappa shape index (κ1) is 29.4. The van der Waals surface area contributed by atoms with E-state index >= 15 is 0 Å². The maximum atomic E-state index is 6.25. The summed E-state index contributed by atoms with van der Waals surface area (Å²) >= 11 is 0. The minimum Gasteiger partial charge on any atom is -0.456 e. The number of hydrogen-bond donors (Lipinski definition) is 0. The van der Waals surface area contributed by atoms with E-state index in [4.69, 9.17) is 8.83 Å². The minimum absolute atomic E-state index is 0. The SMILES string of the molecule is Cc1ccc(-c2[c-]cccc2)nc1.[Ir].[c-]1ccccc1-c1cc(-c2ccc3c(c2)oc2ccc4c5ccccc5oc4c23)ccn1. The van der Waals surface area contributed by atoms with Gasteiger partial charge in [-0.15, -0.1) is 71.8 Å². The van der Waals surface area contributed by atoms with E-state index in [1.807, 2.05) is 104 Å². The summed E-state index contributed by atoms with van der Waals surface area (Å²) in [5.74, 6) is 0. The fourth-order valence-electron chi connectivity index (χ4n) is 5.71. The maximum absolute atomic E-state index is 6.25. The molecule has 0 aliphatic rings. The first-order valence-corrected chi connectivity index (χ1v) is 14.8. The van der Waals surface area contributed by atoms with Crippen molar-refractivity contribution in [3.05, 3.63) is 157 Å². The summed E-state index contributed by atoms with van der Waals surface area (Å²) < 4.78 is 12.5. The van der Waals surface area contributed by atoms with Gasteiger partial charge < -0.3 is 18.8 Å². The molecule has 223 valence electrons. The van der Waals surface area contributed by atoms with Crippen LogP contribution in [-0.4, -0.2) is 9.97 Å². The molecule has 0 spiro atoms. The number of aromatic nitrogens is 2. The molecule has 5 aromatic carbocycles. The van der Waals surface area contributed by atoms with Crippen LogP contribution in [0.3, 0.4) is 0 Å². The van der Waals surface area contributed by atoms with Gasteiger partial charge >= 0.3 is 0 Å². The van der Waals surface area contributed by atoms with Gasteiger partial charge in [0.15, 0.2) is 0 Å². The van der Waals surface area contributed by atoms with E-state index in [9.17, 15) is 0 Å². The topological polar surface area (TPSA) is 52.1 Å². The number of nitrogens with zero attached hydrogens (tertiary/aromatic N) is 2. The predicted molar refractivity (Wildman–Crippen MR) is 182 cm³/mol. The summed E-state index contributed by atoms with van der Waals surface area (Å²) in [6.45, 7) is 2.03. The molecule has 0 N–H and O–H groups in total. The van der Waals surface area contributed by atoms with Crippen molar-refractivity contribution in [2.45, 2.75) is 6.92 Å². The molecule has 9 rings (SSSR count). The predicted octanol–water partition coefficient (Wildman–Crippen LogP) is 10.9. The second-order valence-electron chi connectivity index (χ2n) is 10.9. The number of fused-ring (bicyclic) bond motifs is 7. The van der Waals surface area contributed by atoms with Crippen LogP contribution >= 0.6 is 0 Å². The Bertz CT molecular complexity index is 2430. The third-order valence-electron chi connectivity index (χ3n) is 7.95. The Hall–Kier alpha value is -5.35. The van der Waals surface area contributed by atoms with Gasteiger partial charge in [0, 0.05) is 48.7 Å². The van der Waals surface area contributed by atoms with Crippen molar-refractivity contribution >= 4 is 43.9 Å². The second kappa shape index (κ2) is 12.6. The summed E-state index contributed by atoms with van der Waals surface area (Å²) in [7, 11) is 0. The van der Waals surface area contributed by atoms with Crippen molar-refractivity contribution in [2.24, 2.45) is 0 Å². The van der Waals surface area contributed by atoms with Gasteiger partial charge in [0.05, 0.1) is 5.39 Å². The molecule has 0 fully saturated rings. The van der Waals surface area contributed by atoms with Crippen molar-refractivity contribution in [1.29, 1.82) is 0 Å². The van der Waals surface area contributed by atoms with Gasteiger partial charge in [-0.25, -0.2) is 0 Å². The van der Waals surface area contributed by atoms with Crippen LogP contribution in [-0.2, 0) is 20.1 Å². The molecule has 4 aromatic heterocycles. The van der Waals surface area contributed by atoms with E-state index in [1.54, 1.807) is 0 Å². The first-order chi connectivity index (χ1) is 22.2. The Kier molecular flexibility index (Phi) is 8.02. The molecular formula is C41H26IrN2O2-2. The maximum Gasteiger partial charge on any atom is 0.147 e. The van der Waals surface area contributed by atoms with E-state index in [2.05, 4.69) is 64.6 Å². The molecule has 0 aliphatic carbocycles. The largest absolute Gasteiger partial charge is 0.456 e. The average molecular weight is 771 g/mol. The van der Waals surface area contributed by atoms with Gasteiger partial charge in [0.2, 0.25) is 0 Å². The van der Waals surface area contributed by atoms with Crippen molar-refractivity contribution in [3.8, 4) is 33.6 Å².